The number of likely N-dealkylation sites (N-methyl/N-ethyl adjacent to an activating group) is 1. The van der Waals surface area contributed by atoms with E-state index >= 15 is 0 Å². The van der Waals surface area contributed by atoms with Crippen LogP contribution in [0.3, 0.4) is 0 Å². The van der Waals surface area contributed by atoms with Gasteiger partial charge in [-0.25, -0.2) is 14.8 Å². The Kier molecular flexibility index (Phi) is 4.77. The van der Waals surface area contributed by atoms with E-state index in [4.69, 9.17) is 0 Å². The van der Waals surface area contributed by atoms with E-state index in [1.165, 1.54) is 12.8 Å². The fourth-order valence-electron chi connectivity index (χ4n) is 2.21. The summed E-state index contributed by atoms with van der Waals surface area (Å²) in [5, 5.41) is 12.5. The summed E-state index contributed by atoms with van der Waals surface area (Å²) in [4.78, 5) is 22.1. The highest BCUT2D eigenvalue weighted by atomic mass is 16.4. The maximum absolute atomic E-state index is 11.4. The maximum atomic E-state index is 11.4. The lowest BCUT2D eigenvalue weighted by atomic mass is 10.2. The number of aromatic carboxylic acids is 1. The molecule has 6 nitrogen and oxygen atoms in total. The van der Waals surface area contributed by atoms with Crippen LogP contribution in [0.15, 0.2) is 6.20 Å². The number of rotatable bonds is 7. The summed E-state index contributed by atoms with van der Waals surface area (Å²) >= 11 is 0. The molecular weight excluding hydrogens is 268 g/mol. The van der Waals surface area contributed by atoms with Crippen LogP contribution in [0.4, 0.5) is 5.69 Å². The zero-order chi connectivity index (χ0) is 15.6. The smallest absolute Gasteiger partial charge is 0.356 e. The summed E-state index contributed by atoms with van der Waals surface area (Å²) in [5.74, 6) is -0.358. The molecule has 1 saturated carbocycles. The first-order valence-electron chi connectivity index (χ1n) is 7.46. The van der Waals surface area contributed by atoms with Gasteiger partial charge in [-0.3, -0.25) is 4.90 Å². The molecular formula is C15H24N4O2. The molecule has 0 radical (unpaired) electrons. The average molecular weight is 292 g/mol. The van der Waals surface area contributed by atoms with Crippen LogP contribution in [0.25, 0.3) is 0 Å². The molecule has 1 aliphatic rings. The molecule has 1 unspecified atom stereocenters. The first-order valence-corrected chi connectivity index (χ1v) is 7.46. The van der Waals surface area contributed by atoms with Gasteiger partial charge in [0, 0.05) is 24.5 Å². The monoisotopic (exact) mass is 292 g/mol. The van der Waals surface area contributed by atoms with Crippen molar-refractivity contribution in [3.8, 4) is 0 Å². The summed E-state index contributed by atoms with van der Waals surface area (Å²) in [7, 11) is 2.11. The van der Waals surface area contributed by atoms with Gasteiger partial charge < -0.3 is 10.4 Å². The molecule has 2 N–H and O–H groups in total. The van der Waals surface area contributed by atoms with E-state index in [9.17, 15) is 9.90 Å². The zero-order valence-corrected chi connectivity index (χ0v) is 13.1. The van der Waals surface area contributed by atoms with Gasteiger partial charge in [-0.05, 0) is 26.8 Å². The summed E-state index contributed by atoms with van der Waals surface area (Å²) < 4.78 is 0. The Bertz CT molecular complexity index is 514. The second-order valence-corrected chi connectivity index (χ2v) is 6.08. The third kappa shape index (κ3) is 3.91. The zero-order valence-electron chi connectivity index (χ0n) is 13.1. The molecule has 0 aromatic carbocycles. The van der Waals surface area contributed by atoms with Crippen LogP contribution >= 0.6 is 0 Å². The third-order valence-electron chi connectivity index (χ3n) is 3.93. The van der Waals surface area contributed by atoms with Crippen molar-refractivity contribution in [3.05, 3.63) is 17.7 Å². The normalized spacial score (nSPS) is 16.3. The highest BCUT2D eigenvalue weighted by Crippen LogP contribution is 2.27. The number of nitrogens with zero attached hydrogens (tertiary/aromatic N) is 3. The minimum absolute atomic E-state index is 0.0509. The molecule has 0 bridgehead atoms. The molecule has 1 aromatic rings. The van der Waals surface area contributed by atoms with Crippen molar-refractivity contribution in [2.24, 2.45) is 0 Å². The number of aromatic nitrogens is 2. The molecule has 21 heavy (non-hydrogen) atoms. The van der Waals surface area contributed by atoms with Crippen LogP contribution in [0.5, 0.6) is 0 Å². The molecule has 0 aliphatic heterocycles. The lowest BCUT2D eigenvalue weighted by Crippen LogP contribution is -2.36. The van der Waals surface area contributed by atoms with Crippen molar-refractivity contribution in [1.29, 1.82) is 0 Å². The minimum atomic E-state index is -1.02. The number of carboxylic acid groups (broad SMARTS) is 1. The molecule has 1 heterocycles. The van der Waals surface area contributed by atoms with Crippen molar-refractivity contribution < 1.29 is 9.90 Å². The number of anilines is 1. The second kappa shape index (κ2) is 6.39. The summed E-state index contributed by atoms with van der Waals surface area (Å²) in [6.45, 7) is 6.70. The lowest BCUT2D eigenvalue weighted by molar-refractivity contribution is 0.0691. The van der Waals surface area contributed by atoms with E-state index in [1.54, 1.807) is 6.20 Å². The van der Waals surface area contributed by atoms with E-state index < -0.39 is 5.97 Å². The van der Waals surface area contributed by atoms with Gasteiger partial charge in [0.25, 0.3) is 0 Å². The van der Waals surface area contributed by atoms with Crippen molar-refractivity contribution in [1.82, 2.24) is 14.9 Å². The van der Waals surface area contributed by atoms with Gasteiger partial charge in [-0.15, -0.1) is 0 Å². The summed E-state index contributed by atoms with van der Waals surface area (Å²) in [5.41, 5.74) is 0.540. The van der Waals surface area contributed by atoms with E-state index in [0.29, 0.717) is 30.1 Å². The quantitative estimate of drug-likeness (QED) is 0.802. The lowest BCUT2D eigenvalue weighted by Gasteiger charge is -2.25. The van der Waals surface area contributed by atoms with Crippen molar-refractivity contribution >= 4 is 11.7 Å². The number of carbonyl (C=O) groups is 1. The van der Waals surface area contributed by atoms with E-state index in [1.807, 2.05) is 13.8 Å². The van der Waals surface area contributed by atoms with Gasteiger partial charge in [-0.2, -0.15) is 0 Å². The second-order valence-electron chi connectivity index (χ2n) is 6.08. The predicted octanol–water partition coefficient (Wildman–Crippen LogP) is 2.19. The molecule has 1 fully saturated rings. The Balaban J connectivity index is 2.06. The SMILES string of the molecule is CC(C)c1ncc(NCC(C)N(C)C2CC2)c(C(=O)O)n1. The number of nitrogens with one attached hydrogen (secondary N) is 1. The van der Waals surface area contributed by atoms with Crippen LogP contribution in [0.2, 0.25) is 0 Å². The van der Waals surface area contributed by atoms with E-state index in [0.717, 1.165) is 0 Å². The van der Waals surface area contributed by atoms with Crippen LogP contribution in [0.1, 0.15) is 55.8 Å². The van der Waals surface area contributed by atoms with Crippen LogP contribution in [0, 0.1) is 0 Å². The molecule has 0 amide bonds. The molecule has 6 heteroatoms. The van der Waals surface area contributed by atoms with Gasteiger partial charge in [0.1, 0.15) is 5.82 Å². The Morgan fingerprint density at radius 1 is 1.48 bits per heavy atom. The minimum Gasteiger partial charge on any atom is -0.476 e. The molecule has 1 atom stereocenters. The van der Waals surface area contributed by atoms with Gasteiger partial charge >= 0.3 is 5.97 Å². The van der Waals surface area contributed by atoms with Crippen molar-refractivity contribution in [3.63, 3.8) is 0 Å². The number of hydrogen-bond acceptors (Lipinski definition) is 5. The highest BCUT2D eigenvalue weighted by Gasteiger charge is 2.29. The van der Waals surface area contributed by atoms with Gasteiger partial charge in [-0.1, -0.05) is 13.8 Å². The summed E-state index contributed by atoms with van der Waals surface area (Å²) in [6, 6.07) is 1.02. The Morgan fingerprint density at radius 2 is 2.14 bits per heavy atom. The topological polar surface area (TPSA) is 78.4 Å². The Morgan fingerprint density at radius 3 is 2.67 bits per heavy atom. The van der Waals surface area contributed by atoms with Crippen molar-refractivity contribution in [2.45, 2.75) is 51.6 Å². The van der Waals surface area contributed by atoms with E-state index in [2.05, 4.69) is 34.2 Å². The Labute approximate surface area is 125 Å². The molecule has 0 saturated heterocycles. The first kappa shape index (κ1) is 15.7. The third-order valence-corrected chi connectivity index (χ3v) is 3.93. The van der Waals surface area contributed by atoms with E-state index in [-0.39, 0.29) is 11.6 Å². The number of hydrogen-bond donors (Lipinski definition) is 2. The fourth-order valence-corrected chi connectivity index (χ4v) is 2.21. The van der Waals surface area contributed by atoms with Gasteiger partial charge in [0.2, 0.25) is 0 Å². The van der Waals surface area contributed by atoms with Gasteiger partial charge in [0.15, 0.2) is 5.69 Å². The summed E-state index contributed by atoms with van der Waals surface area (Å²) in [6.07, 6.45) is 4.09. The van der Waals surface area contributed by atoms with Crippen LogP contribution in [-0.4, -0.2) is 51.6 Å². The Hall–Kier alpha value is -1.69. The molecule has 116 valence electrons. The molecule has 2 rings (SSSR count). The maximum Gasteiger partial charge on any atom is 0.356 e. The van der Waals surface area contributed by atoms with Gasteiger partial charge in [0.05, 0.1) is 11.9 Å². The standard InChI is InChI=1S/C15H24N4O2/c1-9(2)14-17-8-12(13(18-14)15(20)21)16-7-10(3)19(4)11-5-6-11/h8-11,16H,5-7H2,1-4H3,(H,20,21). The van der Waals surface area contributed by atoms with Crippen LogP contribution in [-0.2, 0) is 0 Å². The number of carboxylic acids is 1. The highest BCUT2D eigenvalue weighted by molar-refractivity contribution is 5.91. The fraction of sp³-hybridized carbons (Fsp3) is 0.667. The predicted molar refractivity (Wildman–Crippen MR) is 81.8 cm³/mol. The molecule has 0 spiro atoms. The average Bonchev–Trinajstić information content (AvgIpc) is 3.27. The van der Waals surface area contributed by atoms with Crippen LogP contribution < -0.4 is 5.32 Å². The largest absolute Gasteiger partial charge is 0.476 e. The molecule has 1 aliphatic carbocycles. The molecule has 1 aromatic heterocycles. The van der Waals surface area contributed by atoms with Crippen molar-refractivity contribution in [2.75, 3.05) is 18.9 Å². The first-order chi connectivity index (χ1) is 9.90.